The smallest absolute Gasteiger partial charge is 0.326 e. The quantitative estimate of drug-likeness (QED) is 0.118. The Labute approximate surface area is 236 Å². The molecule has 41 heavy (non-hydrogen) atoms. The van der Waals surface area contributed by atoms with Crippen molar-refractivity contribution in [2.24, 2.45) is 17.4 Å². The fourth-order valence-corrected chi connectivity index (χ4v) is 4.28. The van der Waals surface area contributed by atoms with Crippen molar-refractivity contribution >= 4 is 40.5 Å². The number of benzene rings is 1. The Morgan fingerprint density at radius 2 is 1.59 bits per heavy atom. The summed E-state index contributed by atoms with van der Waals surface area (Å²) in [5.41, 5.74) is 13.3. The Balaban J connectivity index is 1.88. The van der Waals surface area contributed by atoms with Crippen LogP contribution in [-0.2, 0) is 36.8 Å². The summed E-state index contributed by atoms with van der Waals surface area (Å²) in [5.74, 6) is -4.62. The number of fused-ring (bicyclic) bond motifs is 1. The number of para-hydroxylation sites is 1. The van der Waals surface area contributed by atoms with Crippen LogP contribution >= 0.6 is 0 Å². The fraction of sp³-hybridized carbons (Fsp3) is 0.407. The van der Waals surface area contributed by atoms with E-state index in [9.17, 15) is 29.1 Å². The van der Waals surface area contributed by atoms with E-state index in [0.717, 1.165) is 16.5 Å². The molecule has 2 aromatic heterocycles. The molecule has 0 saturated heterocycles. The molecule has 1 aromatic carbocycles. The monoisotopic (exact) mass is 568 g/mol. The summed E-state index contributed by atoms with van der Waals surface area (Å²) in [6.45, 7) is 3.73. The summed E-state index contributed by atoms with van der Waals surface area (Å²) < 4.78 is 0. The minimum atomic E-state index is -1.60. The zero-order valence-corrected chi connectivity index (χ0v) is 22.8. The number of hydrogen-bond acceptors (Lipinski definition) is 7. The Kier molecular flexibility index (Phi) is 10.6. The van der Waals surface area contributed by atoms with Gasteiger partial charge in [0.2, 0.25) is 23.6 Å². The van der Waals surface area contributed by atoms with E-state index in [-0.39, 0.29) is 18.8 Å². The number of nitrogens with zero attached hydrogens (tertiary/aromatic N) is 1. The molecule has 0 spiro atoms. The minimum Gasteiger partial charge on any atom is -0.480 e. The second kappa shape index (κ2) is 14.1. The second-order valence-corrected chi connectivity index (χ2v) is 9.95. The number of imidazole rings is 1. The van der Waals surface area contributed by atoms with Crippen LogP contribution in [0.5, 0.6) is 0 Å². The molecule has 0 aliphatic carbocycles. The first-order chi connectivity index (χ1) is 19.5. The molecule has 0 radical (unpaired) electrons. The van der Waals surface area contributed by atoms with Crippen molar-refractivity contribution in [1.82, 2.24) is 30.9 Å². The van der Waals surface area contributed by atoms with Crippen LogP contribution in [0.15, 0.2) is 43.0 Å². The van der Waals surface area contributed by atoms with Crippen molar-refractivity contribution in [3.05, 3.63) is 54.2 Å². The van der Waals surface area contributed by atoms with Crippen molar-refractivity contribution in [2.45, 2.75) is 63.7 Å². The van der Waals surface area contributed by atoms with E-state index >= 15 is 0 Å². The molecule has 3 rings (SSSR count). The van der Waals surface area contributed by atoms with Gasteiger partial charge in [0, 0.05) is 41.8 Å². The van der Waals surface area contributed by atoms with Gasteiger partial charge in [0.05, 0.1) is 18.8 Å². The number of carboxylic acid groups (broad SMARTS) is 1. The van der Waals surface area contributed by atoms with Crippen LogP contribution in [0.1, 0.15) is 37.9 Å². The number of aromatic amines is 2. The average Bonchev–Trinajstić information content (AvgIpc) is 3.60. The summed E-state index contributed by atoms with van der Waals surface area (Å²) in [6.07, 6.45) is 4.57. The lowest BCUT2D eigenvalue weighted by Crippen LogP contribution is -2.58. The van der Waals surface area contributed by atoms with Gasteiger partial charge >= 0.3 is 5.97 Å². The maximum absolute atomic E-state index is 13.7. The third kappa shape index (κ3) is 8.38. The number of H-pyrrole nitrogens is 2. The molecule has 0 fully saturated rings. The first-order valence-corrected chi connectivity index (χ1v) is 13.2. The second-order valence-electron chi connectivity index (χ2n) is 9.95. The van der Waals surface area contributed by atoms with Crippen LogP contribution in [0.3, 0.4) is 0 Å². The van der Waals surface area contributed by atoms with E-state index in [1.165, 1.54) is 12.5 Å². The molecule has 5 unspecified atom stereocenters. The maximum Gasteiger partial charge on any atom is 0.326 e. The van der Waals surface area contributed by atoms with Crippen molar-refractivity contribution in [3.8, 4) is 0 Å². The van der Waals surface area contributed by atoms with Gasteiger partial charge in [-0.2, -0.15) is 0 Å². The predicted octanol–water partition coefficient (Wildman–Crippen LogP) is -0.536. The van der Waals surface area contributed by atoms with E-state index in [1.54, 1.807) is 6.20 Å². The van der Waals surface area contributed by atoms with Crippen LogP contribution in [0.25, 0.3) is 10.9 Å². The predicted molar refractivity (Wildman–Crippen MR) is 149 cm³/mol. The summed E-state index contributed by atoms with van der Waals surface area (Å²) >= 11 is 0. The zero-order valence-electron chi connectivity index (χ0n) is 22.8. The molecule has 0 bridgehead atoms. The van der Waals surface area contributed by atoms with Gasteiger partial charge < -0.3 is 42.5 Å². The first kappa shape index (κ1) is 30.8. The lowest BCUT2D eigenvalue weighted by molar-refractivity contribution is -0.143. The normalized spacial score (nSPS) is 14.8. The summed E-state index contributed by atoms with van der Waals surface area (Å²) in [4.78, 5) is 72.7. The molecule has 14 heteroatoms. The number of carbonyl (C=O) groups is 5. The molecular formula is C27H36N8O6. The molecular weight excluding hydrogens is 532 g/mol. The van der Waals surface area contributed by atoms with Crippen LogP contribution < -0.4 is 27.4 Å². The largest absolute Gasteiger partial charge is 0.480 e. The van der Waals surface area contributed by atoms with Gasteiger partial charge in [-0.25, -0.2) is 9.78 Å². The van der Waals surface area contributed by atoms with E-state index < -0.39 is 60.2 Å². The molecule has 2 heterocycles. The van der Waals surface area contributed by atoms with Crippen molar-refractivity contribution in [2.75, 3.05) is 0 Å². The van der Waals surface area contributed by atoms with Gasteiger partial charge in [-0.3, -0.25) is 19.2 Å². The fourth-order valence-electron chi connectivity index (χ4n) is 4.28. The topological polar surface area (TPSA) is 238 Å². The van der Waals surface area contributed by atoms with Crippen LogP contribution in [0.4, 0.5) is 0 Å². The number of primary amides is 1. The number of aromatic nitrogens is 3. The van der Waals surface area contributed by atoms with Gasteiger partial charge in [0.25, 0.3) is 0 Å². The van der Waals surface area contributed by atoms with E-state index in [4.69, 9.17) is 11.5 Å². The number of amides is 4. The number of nitrogens with two attached hydrogens (primary N) is 2. The highest BCUT2D eigenvalue weighted by molar-refractivity contribution is 5.95. The van der Waals surface area contributed by atoms with E-state index in [2.05, 4.69) is 30.9 Å². The average molecular weight is 569 g/mol. The Morgan fingerprint density at radius 3 is 2.20 bits per heavy atom. The maximum atomic E-state index is 13.7. The summed E-state index contributed by atoms with van der Waals surface area (Å²) in [7, 11) is 0. The van der Waals surface area contributed by atoms with E-state index in [0.29, 0.717) is 12.1 Å². The standard InChI is InChI=1S/C27H36N8O6/c1-3-14(2)23(29)26(39)34-19(8-15-11-31-18-7-5-4-6-17(15)18)24(37)33-20(9-16-12-30-13-32-16)25(38)35-21(27(40)41)10-22(28)36/h4-7,11-14,19-21,23,31H,3,8-10,29H2,1-2H3,(H2,28,36)(H,30,32)(H,33,37)(H,34,39)(H,35,38)(H,40,41). The number of aliphatic carboxylic acids is 1. The van der Waals surface area contributed by atoms with Crippen LogP contribution in [0.2, 0.25) is 0 Å². The minimum absolute atomic E-state index is 0.0760. The highest BCUT2D eigenvalue weighted by atomic mass is 16.4. The Hall–Kier alpha value is -4.72. The molecule has 0 saturated carbocycles. The Morgan fingerprint density at radius 1 is 0.951 bits per heavy atom. The molecule has 3 aromatic rings. The number of rotatable bonds is 15. The highest BCUT2D eigenvalue weighted by Crippen LogP contribution is 2.19. The van der Waals surface area contributed by atoms with Crippen molar-refractivity contribution in [1.29, 1.82) is 0 Å². The molecule has 10 N–H and O–H groups in total. The zero-order chi connectivity index (χ0) is 30.1. The molecule has 0 aliphatic heterocycles. The molecule has 4 amide bonds. The number of carbonyl (C=O) groups excluding carboxylic acids is 4. The van der Waals surface area contributed by atoms with Crippen molar-refractivity contribution in [3.63, 3.8) is 0 Å². The first-order valence-electron chi connectivity index (χ1n) is 13.2. The molecule has 0 aliphatic rings. The van der Waals surface area contributed by atoms with E-state index in [1.807, 2.05) is 38.1 Å². The Bertz CT molecular complexity index is 1370. The SMILES string of the molecule is CCC(C)C(N)C(=O)NC(Cc1c[nH]c2ccccc12)C(=O)NC(Cc1cnc[nH]1)C(=O)NC(CC(N)=O)C(=O)O. The molecule has 14 nitrogen and oxygen atoms in total. The van der Waals surface area contributed by atoms with Crippen LogP contribution in [-0.4, -0.2) is 73.8 Å². The lowest BCUT2D eigenvalue weighted by Gasteiger charge is -2.26. The highest BCUT2D eigenvalue weighted by Gasteiger charge is 2.32. The van der Waals surface area contributed by atoms with Gasteiger partial charge in [0.15, 0.2) is 0 Å². The van der Waals surface area contributed by atoms with Crippen molar-refractivity contribution < 1.29 is 29.1 Å². The van der Waals surface area contributed by atoms with Gasteiger partial charge in [0.1, 0.15) is 18.1 Å². The summed E-state index contributed by atoms with van der Waals surface area (Å²) in [5, 5.41) is 17.9. The van der Waals surface area contributed by atoms with Gasteiger partial charge in [-0.05, 0) is 17.5 Å². The molecule has 5 atom stereocenters. The third-order valence-electron chi connectivity index (χ3n) is 6.92. The third-order valence-corrected chi connectivity index (χ3v) is 6.92. The molecule has 220 valence electrons. The van der Waals surface area contributed by atoms with Gasteiger partial charge in [-0.1, -0.05) is 38.5 Å². The van der Waals surface area contributed by atoms with Crippen LogP contribution in [0, 0.1) is 5.92 Å². The number of carboxylic acids is 1. The lowest BCUT2D eigenvalue weighted by atomic mass is 9.98. The number of hydrogen-bond donors (Lipinski definition) is 8. The van der Waals surface area contributed by atoms with Gasteiger partial charge in [-0.15, -0.1) is 0 Å². The number of nitrogens with one attached hydrogen (secondary N) is 5. The summed E-state index contributed by atoms with van der Waals surface area (Å²) in [6, 6.07) is 2.58.